The third-order valence-electron chi connectivity index (χ3n) is 6.27. The van der Waals surface area contributed by atoms with Gasteiger partial charge in [-0.15, -0.1) is 0 Å². The summed E-state index contributed by atoms with van der Waals surface area (Å²) in [6, 6.07) is 15.8. The van der Waals surface area contributed by atoms with Crippen molar-refractivity contribution in [3.63, 3.8) is 0 Å². The summed E-state index contributed by atoms with van der Waals surface area (Å²) < 4.78 is 7.45. The molecule has 1 aliphatic heterocycles. The first-order valence-corrected chi connectivity index (χ1v) is 12.3. The maximum absolute atomic E-state index is 13.2. The first-order chi connectivity index (χ1) is 15.7. The van der Waals surface area contributed by atoms with Crippen LogP contribution in [0.2, 0.25) is 0 Å². The van der Waals surface area contributed by atoms with Crippen LogP contribution < -0.4 is 10.9 Å². The Labute approximate surface area is 191 Å². The molecule has 6 nitrogen and oxygen atoms in total. The Morgan fingerprint density at radius 3 is 2.84 bits per heavy atom. The summed E-state index contributed by atoms with van der Waals surface area (Å²) in [7, 11) is 0. The summed E-state index contributed by atoms with van der Waals surface area (Å²) in [5, 5.41) is 4.36. The fraction of sp³-hybridized carbons (Fsp3) is 0.400. The maximum atomic E-state index is 13.2. The number of rotatable bonds is 6. The molecular weight excluding hydrogens is 422 g/mol. The van der Waals surface area contributed by atoms with Gasteiger partial charge < -0.3 is 10.1 Å². The molecule has 1 N–H and O–H groups in total. The van der Waals surface area contributed by atoms with Crippen LogP contribution in [0.25, 0.3) is 10.9 Å². The highest BCUT2D eigenvalue weighted by atomic mass is 32.2. The minimum absolute atomic E-state index is 0.0163. The number of benzene rings is 2. The number of carbonyl (C=O) groups is 1. The highest BCUT2D eigenvalue weighted by Gasteiger charge is 2.23. The van der Waals surface area contributed by atoms with Gasteiger partial charge in [-0.1, -0.05) is 48.2 Å². The summed E-state index contributed by atoms with van der Waals surface area (Å²) in [5.74, 6) is 0.178. The maximum Gasteiger partial charge on any atom is 0.262 e. The van der Waals surface area contributed by atoms with Gasteiger partial charge in [-0.25, -0.2) is 4.98 Å². The molecule has 0 bridgehead atoms. The van der Waals surface area contributed by atoms with Crippen molar-refractivity contribution in [2.45, 2.75) is 56.0 Å². The minimum Gasteiger partial charge on any atom is -0.376 e. The molecule has 2 aromatic carbocycles. The standard InChI is InChI=1S/C25H27N3O3S/c29-23(26-21-13-5-8-17-7-1-2-10-19(17)21)16-32-25-27-22-12-4-3-11-20(22)24(30)28(25)15-18-9-6-14-31-18/h1-4,7,10-12,18,21H,5-6,8-9,13-16H2,(H,26,29). The molecule has 2 aliphatic rings. The van der Waals surface area contributed by atoms with E-state index in [1.54, 1.807) is 10.6 Å². The number of nitrogens with one attached hydrogen (secondary N) is 1. The summed E-state index contributed by atoms with van der Waals surface area (Å²) in [5.41, 5.74) is 3.12. The Bertz CT molecular complexity index is 1190. The van der Waals surface area contributed by atoms with Gasteiger partial charge in [0, 0.05) is 6.61 Å². The lowest BCUT2D eigenvalue weighted by Crippen LogP contribution is -2.33. The third kappa shape index (κ3) is 4.45. The molecule has 2 heterocycles. The second kappa shape index (κ2) is 9.46. The van der Waals surface area contributed by atoms with Gasteiger partial charge in [-0.05, 0) is 55.4 Å². The van der Waals surface area contributed by atoms with Crippen LogP contribution in [0.4, 0.5) is 0 Å². The van der Waals surface area contributed by atoms with E-state index in [9.17, 15) is 9.59 Å². The van der Waals surface area contributed by atoms with E-state index < -0.39 is 0 Å². The summed E-state index contributed by atoms with van der Waals surface area (Å²) in [6.07, 6.45) is 5.04. The van der Waals surface area contributed by atoms with E-state index in [0.29, 0.717) is 22.6 Å². The molecule has 1 aromatic heterocycles. The van der Waals surface area contributed by atoms with Crippen LogP contribution in [0, 0.1) is 0 Å². The number of para-hydroxylation sites is 1. The number of amides is 1. The van der Waals surface area contributed by atoms with Crippen molar-refractivity contribution in [3.05, 3.63) is 70.0 Å². The topological polar surface area (TPSA) is 73.2 Å². The normalized spacial score (nSPS) is 20.2. The summed E-state index contributed by atoms with van der Waals surface area (Å²) in [4.78, 5) is 30.7. The Hall–Kier alpha value is -2.64. The van der Waals surface area contributed by atoms with E-state index in [1.165, 1.54) is 22.9 Å². The van der Waals surface area contributed by atoms with Gasteiger partial charge in [-0.2, -0.15) is 0 Å². The quantitative estimate of drug-likeness (QED) is 0.457. The van der Waals surface area contributed by atoms with Crippen LogP contribution in [-0.2, 0) is 22.5 Å². The number of carbonyl (C=O) groups excluding carboxylic acids is 1. The number of fused-ring (bicyclic) bond motifs is 2. The van der Waals surface area contributed by atoms with Crippen molar-refractivity contribution >= 4 is 28.6 Å². The molecule has 166 valence electrons. The van der Waals surface area contributed by atoms with Crippen molar-refractivity contribution in [1.82, 2.24) is 14.9 Å². The number of aromatic nitrogens is 2. The number of aryl methyl sites for hydroxylation is 1. The average molecular weight is 450 g/mol. The Morgan fingerprint density at radius 2 is 1.97 bits per heavy atom. The summed E-state index contributed by atoms with van der Waals surface area (Å²) in [6.45, 7) is 1.20. The zero-order valence-electron chi connectivity index (χ0n) is 18.0. The molecule has 1 aliphatic carbocycles. The molecule has 7 heteroatoms. The van der Waals surface area contributed by atoms with Crippen LogP contribution in [0.15, 0.2) is 58.5 Å². The lowest BCUT2D eigenvalue weighted by molar-refractivity contribution is -0.119. The van der Waals surface area contributed by atoms with E-state index in [4.69, 9.17) is 9.72 Å². The molecule has 0 saturated carbocycles. The van der Waals surface area contributed by atoms with Crippen molar-refractivity contribution in [3.8, 4) is 0 Å². The predicted octanol–water partition coefficient (Wildman–Crippen LogP) is 3.86. The number of nitrogens with zero attached hydrogens (tertiary/aromatic N) is 2. The molecule has 2 atom stereocenters. The smallest absolute Gasteiger partial charge is 0.262 e. The molecule has 32 heavy (non-hydrogen) atoms. The first-order valence-electron chi connectivity index (χ1n) is 11.3. The van der Waals surface area contributed by atoms with Crippen LogP contribution in [0.3, 0.4) is 0 Å². The van der Waals surface area contributed by atoms with E-state index in [2.05, 4.69) is 23.5 Å². The second-order valence-electron chi connectivity index (χ2n) is 8.46. The zero-order valence-corrected chi connectivity index (χ0v) is 18.8. The van der Waals surface area contributed by atoms with Gasteiger partial charge in [-0.3, -0.25) is 14.2 Å². The van der Waals surface area contributed by atoms with Crippen LogP contribution in [-0.4, -0.2) is 33.9 Å². The fourth-order valence-electron chi connectivity index (χ4n) is 4.68. The van der Waals surface area contributed by atoms with Crippen LogP contribution in [0.1, 0.15) is 42.9 Å². The van der Waals surface area contributed by atoms with E-state index in [1.807, 2.05) is 24.3 Å². The van der Waals surface area contributed by atoms with Gasteiger partial charge in [0.1, 0.15) is 0 Å². The van der Waals surface area contributed by atoms with E-state index in [-0.39, 0.29) is 29.4 Å². The van der Waals surface area contributed by atoms with Crippen molar-refractivity contribution in [2.24, 2.45) is 0 Å². The van der Waals surface area contributed by atoms with Gasteiger partial charge in [0.15, 0.2) is 5.16 Å². The highest BCUT2D eigenvalue weighted by Crippen LogP contribution is 2.29. The molecule has 3 aromatic rings. The molecule has 1 fully saturated rings. The molecule has 0 spiro atoms. The number of thioether (sulfide) groups is 1. The first kappa shape index (κ1) is 21.2. The van der Waals surface area contributed by atoms with Crippen molar-refractivity contribution in [2.75, 3.05) is 12.4 Å². The van der Waals surface area contributed by atoms with Crippen LogP contribution in [0.5, 0.6) is 0 Å². The van der Waals surface area contributed by atoms with E-state index in [0.717, 1.165) is 38.7 Å². The molecule has 5 rings (SSSR count). The Balaban J connectivity index is 1.34. The minimum atomic E-state index is -0.0739. The lowest BCUT2D eigenvalue weighted by Gasteiger charge is -2.26. The molecule has 0 radical (unpaired) electrons. The Morgan fingerprint density at radius 1 is 1.12 bits per heavy atom. The average Bonchev–Trinajstić information content (AvgIpc) is 3.33. The fourth-order valence-corrected chi connectivity index (χ4v) is 5.50. The number of ether oxygens (including phenoxy) is 1. The lowest BCUT2D eigenvalue weighted by atomic mass is 9.88. The van der Waals surface area contributed by atoms with Crippen molar-refractivity contribution < 1.29 is 9.53 Å². The van der Waals surface area contributed by atoms with Gasteiger partial charge in [0.05, 0.1) is 35.3 Å². The van der Waals surface area contributed by atoms with Crippen molar-refractivity contribution in [1.29, 1.82) is 0 Å². The van der Waals surface area contributed by atoms with Crippen LogP contribution >= 0.6 is 11.8 Å². The number of hydrogen-bond donors (Lipinski definition) is 1. The summed E-state index contributed by atoms with van der Waals surface area (Å²) >= 11 is 1.32. The SMILES string of the molecule is O=C(CSc1nc2ccccc2c(=O)n1CC1CCCO1)NC1CCCc2ccccc21. The largest absolute Gasteiger partial charge is 0.376 e. The van der Waals surface area contributed by atoms with Gasteiger partial charge in [0.25, 0.3) is 5.56 Å². The third-order valence-corrected chi connectivity index (χ3v) is 7.25. The predicted molar refractivity (Wildman–Crippen MR) is 126 cm³/mol. The molecular formula is C25H27N3O3S. The van der Waals surface area contributed by atoms with Gasteiger partial charge >= 0.3 is 0 Å². The molecule has 1 saturated heterocycles. The second-order valence-corrected chi connectivity index (χ2v) is 9.40. The van der Waals surface area contributed by atoms with Gasteiger partial charge in [0.2, 0.25) is 5.91 Å². The Kier molecular flexibility index (Phi) is 6.28. The molecule has 2 unspecified atom stereocenters. The monoisotopic (exact) mass is 449 g/mol. The highest BCUT2D eigenvalue weighted by molar-refractivity contribution is 7.99. The zero-order chi connectivity index (χ0) is 21.9. The molecule has 1 amide bonds. The van der Waals surface area contributed by atoms with E-state index >= 15 is 0 Å². The number of hydrogen-bond acceptors (Lipinski definition) is 5.